The molecule has 0 radical (unpaired) electrons. The summed E-state index contributed by atoms with van der Waals surface area (Å²) in [6.07, 6.45) is 6.47. The van der Waals surface area contributed by atoms with Gasteiger partial charge in [0.05, 0.1) is 0 Å². The number of benzene rings is 2. The summed E-state index contributed by atoms with van der Waals surface area (Å²) in [6, 6.07) is 14.6. The van der Waals surface area contributed by atoms with Crippen LogP contribution in [0.2, 0.25) is 0 Å². The highest BCUT2D eigenvalue weighted by Crippen LogP contribution is 2.23. The minimum absolute atomic E-state index is 0.0172. The fourth-order valence-corrected chi connectivity index (χ4v) is 3.88. The number of carbonyl (C=O) groups is 1. The Morgan fingerprint density at radius 1 is 1.13 bits per heavy atom. The van der Waals surface area contributed by atoms with Gasteiger partial charge in [0.2, 0.25) is 0 Å². The third-order valence-electron chi connectivity index (χ3n) is 5.66. The van der Waals surface area contributed by atoms with Crippen molar-refractivity contribution in [3.63, 3.8) is 0 Å². The van der Waals surface area contributed by atoms with Crippen LogP contribution < -0.4 is 4.74 Å². The van der Waals surface area contributed by atoms with Crippen LogP contribution in [0.4, 0.5) is 4.39 Å². The van der Waals surface area contributed by atoms with Crippen molar-refractivity contribution >= 4 is 5.91 Å². The van der Waals surface area contributed by atoms with Crippen LogP contribution in [0.5, 0.6) is 5.75 Å². The highest BCUT2D eigenvalue weighted by atomic mass is 19.1. The van der Waals surface area contributed by atoms with Gasteiger partial charge in [0.15, 0.2) is 5.82 Å². The molecule has 6 heteroatoms. The van der Waals surface area contributed by atoms with Crippen molar-refractivity contribution in [3.8, 4) is 5.75 Å². The van der Waals surface area contributed by atoms with Crippen LogP contribution in [-0.2, 0) is 20.1 Å². The topological polar surface area (TPSA) is 47.4 Å². The summed E-state index contributed by atoms with van der Waals surface area (Å²) in [5, 5.41) is 0. The van der Waals surface area contributed by atoms with Gasteiger partial charge in [-0.05, 0) is 48.4 Å². The zero-order chi connectivity index (χ0) is 20.9. The molecular formula is C24H26FN3O2. The molecule has 0 atom stereocenters. The van der Waals surface area contributed by atoms with Gasteiger partial charge in [-0.3, -0.25) is 4.79 Å². The lowest BCUT2D eigenvalue weighted by Gasteiger charge is -2.31. The summed E-state index contributed by atoms with van der Waals surface area (Å²) in [5.41, 5.74) is 2.34. The first-order valence-corrected chi connectivity index (χ1v) is 10.3. The lowest BCUT2D eigenvalue weighted by atomic mass is 9.90. The van der Waals surface area contributed by atoms with Crippen LogP contribution in [0.3, 0.4) is 0 Å². The number of aryl methyl sites for hydroxylation is 1. The first-order valence-electron chi connectivity index (χ1n) is 10.3. The smallest absolute Gasteiger partial charge is 0.289 e. The Labute approximate surface area is 176 Å². The van der Waals surface area contributed by atoms with Crippen molar-refractivity contribution in [3.05, 3.63) is 83.7 Å². The third-order valence-corrected chi connectivity index (χ3v) is 5.66. The summed E-state index contributed by atoms with van der Waals surface area (Å²) in [7, 11) is 1.85. The van der Waals surface area contributed by atoms with Gasteiger partial charge in [0, 0.05) is 38.6 Å². The summed E-state index contributed by atoms with van der Waals surface area (Å²) in [4.78, 5) is 18.7. The van der Waals surface area contributed by atoms with Crippen LogP contribution in [0.25, 0.3) is 0 Å². The van der Waals surface area contributed by atoms with Crippen LogP contribution in [0.15, 0.2) is 60.9 Å². The van der Waals surface area contributed by atoms with Crippen molar-refractivity contribution in [2.24, 2.45) is 13.0 Å². The van der Waals surface area contributed by atoms with Crippen molar-refractivity contribution < 1.29 is 13.9 Å². The SMILES string of the molecule is Cn1ccnc1C(=O)N1CCC(Cc2ccc(COc3cccc(F)c3)cc2)CC1. The fourth-order valence-electron chi connectivity index (χ4n) is 3.88. The molecule has 2 heterocycles. The van der Waals surface area contributed by atoms with E-state index >= 15 is 0 Å². The van der Waals surface area contributed by atoms with E-state index in [1.807, 2.05) is 11.9 Å². The second-order valence-electron chi connectivity index (χ2n) is 7.86. The number of imidazole rings is 1. The molecule has 0 N–H and O–H groups in total. The monoisotopic (exact) mass is 407 g/mol. The highest BCUT2D eigenvalue weighted by molar-refractivity contribution is 5.90. The Morgan fingerprint density at radius 3 is 2.53 bits per heavy atom. The molecule has 0 bridgehead atoms. The predicted molar refractivity (Wildman–Crippen MR) is 113 cm³/mol. The largest absolute Gasteiger partial charge is 0.489 e. The molecule has 0 saturated carbocycles. The maximum absolute atomic E-state index is 13.2. The molecule has 2 aromatic carbocycles. The Kier molecular flexibility index (Phi) is 6.12. The number of carbonyl (C=O) groups excluding carboxylic acids is 1. The summed E-state index contributed by atoms with van der Waals surface area (Å²) >= 11 is 0. The average molecular weight is 407 g/mol. The number of aromatic nitrogens is 2. The van der Waals surface area contributed by atoms with Crippen LogP contribution in [0.1, 0.15) is 34.6 Å². The van der Waals surface area contributed by atoms with Crippen molar-refractivity contribution in [2.75, 3.05) is 13.1 Å². The van der Waals surface area contributed by atoms with Gasteiger partial charge in [0.1, 0.15) is 18.2 Å². The van der Waals surface area contributed by atoms with Gasteiger partial charge in [0.25, 0.3) is 5.91 Å². The average Bonchev–Trinajstić information content (AvgIpc) is 3.19. The van der Waals surface area contributed by atoms with Gasteiger partial charge in [-0.15, -0.1) is 0 Å². The summed E-state index contributed by atoms with van der Waals surface area (Å²) < 4.78 is 20.6. The lowest BCUT2D eigenvalue weighted by Crippen LogP contribution is -2.39. The molecule has 0 spiro atoms. The number of halogens is 1. The van der Waals surface area contributed by atoms with Crippen molar-refractivity contribution in [2.45, 2.75) is 25.9 Å². The molecule has 0 unspecified atom stereocenters. The second-order valence-corrected chi connectivity index (χ2v) is 7.86. The van der Waals surface area contributed by atoms with E-state index in [-0.39, 0.29) is 11.7 Å². The first kappa shape index (κ1) is 20.1. The number of hydrogen-bond donors (Lipinski definition) is 0. The normalized spacial score (nSPS) is 14.7. The summed E-state index contributed by atoms with van der Waals surface area (Å²) in [6.45, 7) is 1.96. The zero-order valence-corrected chi connectivity index (χ0v) is 17.1. The Balaban J connectivity index is 1.25. The van der Waals surface area contributed by atoms with Crippen molar-refractivity contribution in [1.82, 2.24) is 14.5 Å². The van der Waals surface area contributed by atoms with Gasteiger partial charge in [-0.25, -0.2) is 9.37 Å². The maximum atomic E-state index is 13.2. The second kappa shape index (κ2) is 9.11. The van der Waals surface area contributed by atoms with E-state index in [4.69, 9.17) is 4.74 Å². The molecule has 1 aliphatic heterocycles. The van der Waals surface area contributed by atoms with E-state index in [0.29, 0.717) is 24.1 Å². The number of ether oxygens (including phenoxy) is 1. The van der Waals surface area contributed by atoms with E-state index < -0.39 is 0 Å². The molecule has 4 rings (SSSR count). The fraction of sp³-hybridized carbons (Fsp3) is 0.333. The minimum atomic E-state index is -0.296. The van der Waals surface area contributed by atoms with Crippen LogP contribution >= 0.6 is 0 Å². The molecule has 1 aromatic heterocycles. The number of nitrogens with zero attached hydrogens (tertiary/aromatic N) is 3. The molecule has 5 nitrogen and oxygen atoms in total. The van der Waals surface area contributed by atoms with Gasteiger partial charge in [-0.2, -0.15) is 0 Å². The maximum Gasteiger partial charge on any atom is 0.289 e. The van der Waals surface area contributed by atoms with Gasteiger partial charge >= 0.3 is 0 Å². The van der Waals surface area contributed by atoms with Crippen molar-refractivity contribution in [1.29, 1.82) is 0 Å². The van der Waals surface area contributed by atoms with E-state index in [9.17, 15) is 9.18 Å². The molecule has 1 saturated heterocycles. The number of amides is 1. The molecule has 3 aromatic rings. The molecule has 30 heavy (non-hydrogen) atoms. The summed E-state index contributed by atoms with van der Waals surface area (Å²) in [5.74, 6) is 1.33. The zero-order valence-electron chi connectivity index (χ0n) is 17.1. The first-order chi connectivity index (χ1) is 14.6. The number of likely N-dealkylation sites (tertiary alicyclic amines) is 1. The van der Waals surface area contributed by atoms with E-state index in [0.717, 1.165) is 37.9 Å². The molecule has 1 fully saturated rings. The third kappa shape index (κ3) is 4.87. The highest BCUT2D eigenvalue weighted by Gasteiger charge is 2.25. The Morgan fingerprint density at radius 2 is 1.87 bits per heavy atom. The van der Waals surface area contributed by atoms with Gasteiger partial charge in [-0.1, -0.05) is 30.3 Å². The Bertz CT molecular complexity index is 992. The number of hydrogen-bond acceptors (Lipinski definition) is 3. The molecular weight excluding hydrogens is 381 g/mol. The van der Waals surface area contributed by atoms with Crippen LogP contribution in [0, 0.1) is 11.7 Å². The van der Waals surface area contributed by atoms with Gasteiger partial charge < -0.3 is 14.2 Å². The number of rotatable bonds is 6. The molecule has 1 amide bonds. The molecule has 0 aliphatic carbocycles. The Hall–Kier alpha value is -3.15. The number of piperidine rings is 1. The van der Waals surface area contributed by atoms with E-state index in [1.165, 1.54) is 17.7 Å². The lowest BCUT2D eigenvalue weighted by molar-refractivity contribution is 0.0674. The van der Waals surface area contributed by atoms with E-state index in [2.05, 4.69) is 29.2 Å². The van der Waals surface area contributed by atoms with Crippen LogP contribution in [-0.4, -0.2) is 33.4 Å². The molecule has 1 aliphatic rings. The quantitative estimate of drug-likeness (QED) is 0.614. The minimum Gasteiger partial charge on any atom is -0.489 e. The predicted octanol–water partition coefficient (Wildman–Crippen LogP) is 4.23. The van der Waals surface area contributed by atoms with E-state index in [1.54, 1.807) is 29.1 Å². The molecule has 156 valence electrons. The standard InChI is InChI=1S/C24H26FN3O2/c1-27-14-11-26-23(27)24(29)28-12-9-19(10-13-28)15-18-5-7-20(8-6-18)17-30-22-4-2-3-21(25)16-22/h2-8,11,14,16,19H,9-10,12-13,15,17H2,1H3.